The second-order valence-corrected chi connectivity index (χ2v) is 6.57. The minimum atomic E-state index is -3.95. The Morgan fingerprint density at radius 1 is 1.38 bits per heavy atom. The van der Waals surface area contributed by atoms with Gasteiger partial charge in [0.25, 0.3) is 0 Å². The van der Waals surface area contributed by atoms with Gasteiger partial charge >= 0.3 is 5.97 Å². The topological polar surface area (TPSA) is 110 Å². The summed E-state index contributed by atoms with van der Waals surface area (Å²) in [6.45, 7) is 1.72. The first-order chi connectivity index (χ1) is 9.80. The Morgan fingerprint density at radius 2 is 2.05 bits per heavy atom. The number of sulfone groups is 1. The van der Waals surface area contributed by atoms with E-state index in [4.69, 9.17) is 9.84 Å². The molecule has 1 atom stereocenters. The van der Waals surface area contributed by atoms with Gasteiger partial charge in [0.15, 0.2) is 9.84 Å². The number of methoxy groups -OCH3 is 1. The van der Waals surface area contributed by atoms with Crippen LogP contribution in [0.25, 0.3) is 0 Å². The van der Waals surface area contributed by atoms with Crippen molar-refractivity contribution < 1.29 is 27.9 Å². The predicted molar refractivity (Wildman–Crippen MR) is 74.9 cm³/mol. The fourth-order valence-electron chi connectivity index (χ4n) is 1.57. The number of ether oxygens (including phenoxy) is 1. The number of carboxylic acid groups (broad SMARTS) is 1. The van der Waals surface area contributed by atoms with Crippen LogP contribution in [0, 0.1) is 0 Å². The molecule has 1 unspecified atom stereocenters. The first-order valence-corrected chi connectivity index (χ1v) is 7.69. The maximum absolute atomic E-state index is 12.3. The molecule has 0 bridgehead atoms. The summed E-state index contributed by atoms with van der Waals surface area (Å²) in [5.74, 6) is -1.89. The van der Waals surface area contributed by atoms with Crippen LogP contribution >= 0.6 is 0 Å². The summed E-state index contributed by atoms with van der Waals surface area (Å²) < 4.78 is 29.3. The van der Waals surface area contributed by atoms with Crippen LogP contribution in [0.4, 0.5) is 0 Å². The highest BCUT2D eigenvalue weighted by Gasteiger charge is 2.30. The minimum absolute atomic E-state index is 0.150. The second kappa shape index (κ2) is 7.19. The molecule has 1 aromatic carbocycles. The molecule has 0 heterocycles. The molecule has 1 rings (SSSR count). The number of carboxylic acids is 1. The number of nitrogens with one attached hydrogen (secondary N) is 1. The third kappa shape index (κ3) is 4.27. The van der Waals surface area contributed by atoms with Gasteiger partial charge in [0.1, 0.15) is 5.25 Å². The maximum atomic E-state index is 12.3. The first-order valence-electron chi connectivity index (χ1n) is 6.14. The van der Waals surface area contributed by atoms with E-state index in [2.05, 4.69) is 5.32 Å². The Labute approximate surface area is 122 Å². The van der Waals surface area contributed by atoms with Crippen molar-refractivity contribution >= 4 is 21.7 Å². The van der Waals surface area contributed by atoms with E-state index in [0.717, 1.165) is 6.07 Å². The van der Waals surface area contributed by atoms with Crippen LogP contribution < -0.4 is 5.32 Å². The number of rotatable bonds is 7. The highest BCUT2D eigenvalue weighted by Crippen LogP contribution is 2.17. The predicted octanol–water partition coefficient (Wildman–Crippen LogP) is 0.310. The van der Waals surface area contributed by atoms with Crippen LogP contribution in [0.5, 0.6) is 0 Å². The second-order valence-electron chi connectivity index (χ2n) is 4.30. The van der Waals surface area contributed by atoms with E-state index in [1.165, 1.54) is 32.2 Å². The van der Waals surface area contributed by atoms with Gasteiger partial charge in [-0.3, -0.25) is 4.79 Å². The number of benzene rings is 1. The quantitative estimate of drug-likeness (QED) is 0.701. The zero-order valence-corrected chi connectivity index (χ0v) is 12.5. The van der Waals surface area contributed by atoms with E-state index in [-0.39, 0.29) is 23.6 Å². The van der Waals surface area contributed by atoms with Gasteiger partial charge in [-0.25, -0.2) is 13.2 Å². The Kier molecular flexibility index (Phi) is 5.86. The molecule has 116 valence electrons. The smallest absolute Gasteiger partial charge is 0.335 e. The summed E-state index contributed by atoms with van der Waals surface area (Å²) in [6, 6.07) is 4.91. The number of aromatic carboxylic acids is 1. The van der Waals surface area contributed by atoms with Crippen LogP contribution in [-0.4, -0.2) is 50.9 Å². The molecule has 0 saturated carbocycles. The zero-order chi connectivity index (χ0) is 16.0. The normalized spacial score (nSPS) is 12.7. The Bertz CT molecular complexity index is 625. The SMILES string of the molecule is COCCNC(=O)C(C)S(=O)(=O)c1cccc(C(=O)O)c1. The first kappa shape index (κ1) is 17.1. The number of carbonyl (C=O) groups is 2. The van der Waals surface area contributed by atoms with Gasteiger partial charge in [-0.2, -0.15) is 0 Å². The summed E-state index contributed by atoms with van der Waals surface area (Å²) in [5.41, 5.74) is -0.150. The van der Waals surface area contributed by atoms with Crippen LogP contribution in [0.15, 0.2) is 29.2 Å². The monoisotopic (exact) mass is 315 g/mol. The lowest BCUT2D eigenvalue weighted by Crippen LogP contribution is -2.39. The van der Waals surface area contributed by atoms with E-state index < -0.39 is 27.0 Å². The summed E-state index contributed by atoms with van der Waals surface area (Å²) in [6.07, 6.45) is 0. The minimum Gasteiger partial charge on any atom is -0.478 e. The molecule has 0 spiro atoms. The van der Waals surface area contributed by atoms with E-state index in [0.29, 0.717) is 0 Å². The van der Waals surface area contributed by atoms with E-state index in [1.807, 2.05) is 0 Å². The molecule has 0 saturated heterocycles. The molecule has 2 N–H and O–H groups in total. The molecule has 7 nitrogen and oxygen atoms in total. The number of carbonyl (C=O) groups excluding carboxylic acids is 1. The van der Waals surface area contributed by atoms with E-state index in [1.54, 1.807) is 0 Å². The number of hydrogen-bond acceptors (Lipinski definition) is 5. The Hall–Kier alpha value is -1.93. The highest BCUT2D eigenvalue weighted by molar-refractivity contribution is 7.92. The van der Waals surface area contributed by atoms with Crippen molar-refractivity contribution in [2.45, 2.75) is 17.1 Å². The number of amides is 1. The van der Waals surface area contributed by atoms with Crippen LogP contribution in [0.3, 0.4) is 0 Å². The average molecular weight is 315 g/mol. The molecule has 8 heteroatoms. The van der Waals surface area contributed by atoms with E-state index >= 15 is 0 Å². The lowest BCUT2D eigenvalue weighted by Gasteiger charge is -2.13. The van der Waals surface area contributed by atoms with Crippen LogP contribution in [0.1, 0.15) is 17.3 Å². The van der Waals surface area contributed by atoms with Crippen molar-refractivity contribution in [1.82, 2.24) is 5.32 Å². The standard InChI is InChI=1S/C13H17NO6S/c1-9(12(15)14-6-7-20-2)21(18,19)11-5-3-4-10(8-11)13(16)17/h3-5,8-9H,6-7H2,1-2H3,(H,14,15)(H,16,17). The van der Waals surface area contributed by atoms with Crippen molar-refractivity contribution in [1.29, 1.82) is 0 Å². The maximum Gasteiger partial charge on any atom is 0.335 e. The largest absolute Gasteiger partial charge is 0.478 e. The summed E-state index contributed by atoms with van der Waals surface area (Å²) in [4.78, 5) is 22.5. The molecule has 0 aliphatic carbocycles. The molecule has 0 aromatic heterocycles. The van der Waals surface area contributed by atoms with Gasteiger partial charge in [0, 0.05) is 13.7 Å². The molecule has 21 heavy (non-hydrogen) atoms. The third-order valence-corrected chi connectivity index (χ3v) is 4.91. The summed E-state index contributed by atoms with van der Waals surface area (Å²) in [7, 11) is -2.49. The summed E-state index contributed by atoms with van der Waals surface area (Å²) in [5, 5.41) is 9.99. The van der Waals surface area contributed by atoms with Gasteiger partial charge in [0.2, 0.25) is 5.91 Å². The van der Waals surface area contributed by atoms with Gasteiger partial charge < -0.3 is 15.2 Å². The highest BCUT2D eigenvalue weighted by atomic mass is 32.2. The fraction of sp³-hybridized carbons (Fsp3) is 0.385. The lowest BCUT2D eigenvalue weighted by atomic mass is 10.2. The average Bonchev–Trinajstić information content (AvgIpc) is 2.46. The van der Waals surface area contributed by atoms with Crippen molar-refractivity contribution in [3.8, 4) is 0 Å². The van der Waals surface area contributed by atoms with Crippen molar-refractivity contribution in [3.63, 3.8) is 0 Å². The fourth-order valence-corrected chi connectivity index (χ4v) is 2.90. The molecule has 0 radical (unpaired) electrons. The van der Waals surface area contributed by atoms with Crippen LogP contribution in [0.2, 0.25) is 0 Å². The van der Waals surface area contributed by atoms with Crippen molar-refractivity contribution in [2.75, 3.05) is 20.3 Å². The Balaban J connectivity index is 2.96. The summed E-state index contributed by atoms with van der Waals surface area (Å²) >= 11 is 0. The Morgan fingerprint density at radius 3 is 2.62 bits per heavy atom. The molecular formula is C13H17NO6S. The lowest BCUT2D eigenvalue weighted by molar-refractivity contribution is -0.120. The molecule has 1 aromatic rings. The van der Waals surface area contributed by atoms with Crippen LogP contribution in [-0.2, 0) is 19.4 Å². The van der Waals surface area contributed by atoms with Gasteiger partial charge in [-0.15, -0.1) is 0 Å². The number of hydrogen-bond donors (Lipinski definition) is 2. The van der Waals surface area contributed by atoms with E-state index in [9.17, 15) is 18.0 Å². The third-order valence-electron chi connectivity index (χ3n) is 2.85. The zero-order valence-electron chi connectivity index (χ0n) is 11.7. The van der Waals surface area contributed by atoms with Crippen molar-refractivity contribution in [2.24, 2.45) is 0 Å². The van der Waals surface area contributed by atoms with Gasteiger partial charge in [0.05, 0.1) is 17.1 Å². The molecule has 0 aliphatic heterocycles. The molecule has 1 amide bonds. The van der Waals surface area contributed by atoms with Gasteiger partial charge in [-0.1, -0.05) is 6.07 Å². The molecule has 0 aliphatic rings. The van der Waals surface area contributed by atoms with Crippen molar-refractivity contribution in [3.05, 3.63) is 29.8 Å². The molecule has 0 fully saturated rings. The molecular weight excluding hydrogens is 298 g/mol. The van der Waals surface area contributed by atoms with Gasteiger partial charge in [-0.05, 0) is 25.1 Å².